The molecule has 8 nitrogen and oxygen atoms in total. The van der Waals surface area contributed by atoms with Crippen LogP contribution in [-0.2, 0) is 23.5 Å². The summed E-state index contributed by atoms with van der Waals surface area (Å²) in [6, 6.07) is 6.20. The number of nitrogens with zero attached hydrogens (tertiary/aromatic N) is 3. The van der Waals surface area contributed by atoms with Gasteiger partial charge in [0.25, 0.3) is 5.91 Å². The summed E-state index contributed by atoms with van der Waals surface area (Å²) in [5.74, 6) is -0.302. The van der Waals surface area contributed by atoms with Gasteiger partial charge < -0.3 is 5.32 Å². The molecule has 112 valence electrons. The number of rotatable bonds is 5. The Morgan fingerprint density at radius 1 is 1.33 bits per heavy atom. The third-order valence-electron chi connectivity index (χ3n) is 2.78. The Labute approximate surface area is 122 Å². The standard InChI is InChI=1S/C12H15N5O3S/c1-17-15-8-11(16-17)12(18)14-7-6-9-2-4-10(5-3-9)21(13,19)20/h2-5,8H,6-7H2,1H3,(H,14,18)(H2,13,19,20). The normalized spacial score (nSPS) is 11.3. The molecule has 0 atom stereocenters. The smallest absolute Gasteiger partial charge is 0.273 e. The number of hydrogen-bond donors (Lipinski definition) is 2. The van der Waals surface area contributed by atoms with Crippen molar-refractivity contribution in [1.29, 1.82) is 0 Å². The van der Waals surface area contributed by atoms with E-state index in [1.807, 2.05) is 0 Å². The number of carbonyl (C=O) groups excluding carboxylic acids is 1. The Kier molecular flexibility index (Phi) is 4.34. The summed E-state index contributed by atoms with van der Waals surface area (Å²) in [7, 11) is -2.05. The molecular formula is C12H15N5O3S. The predicted molar refractivity (Wildman–Crippen MR) is 74.9 cm³/mol. The number of aromatic nitrogens is 3. The van der Waals surface area contributed by atoms with Crippen LogP contribution in [0.4, 0.5) is 0 Å². The molecule has 0 fully saturated rings. The third kappa shape index (κ3) is 4.10. The van der Waals surface area contributed by atoms with Crippen molar-refractivity contribution in [2.45, 2.75) is 11.3 Å². The number of amides is 1. The van der Waals surface area contributed by atoms with Gasteiger partial charge in [-0.1, -0.05) is 12.1 Å². The lowest BCUT2D eigenvalue weighted by molar-refractivity contribution is 0.0948. The van der Waals surface area contributed by atoms with E-state index in [0.717, 1.165) is 5.56 Å². The predicted octanol–water partition coefficient (Wildman–Crippen LogP) is -0.565. The molecule has 0 unspecified atom stereocenters. The summed E-state index contributed by atoms with van der Waals surface area (Å²) in [4.78, 5) is 13.1. The van der Waals surface area contributed by atoms with Crippen molar-refractivity contribution in [3.8, 4) is 0 Å². The molecule has 1 heterocycles. The highest BCUT2D eigenvalue weighted by Crippen LogP contribution is 2.08. The van der Waals surface area contributed by atoms with Crippen molar-refractivity contribution in [1.82, 2.24) is 20.3 Å². The van der Waals surface area contributed by atoms with Crippen LogP contribution >= 0.6 is 0 Å². The van der Waals surface area contributed by atoms with E-state index < -0.39 is 10.0 Å². The molecule has 1 aromatic carbocycles. The monoisotopic (exact) mass is 309 g/mol. The fourth-order valence-electron chi connectivity index (χ4n) is 1.71. The van der Waals surface area contributed by atoms with Crippen LogP contribution < -0.4 is 10.5 Å². The van der Waals surface area contributed by atoms with E-state index in [0.29, 0.717) is 13.0 Å². The van der Waals surface area contributed by atoms with Crippen LogP contribution in [0.1, 0.15) is 16.1 Å². The lowest BCUT2D eigenvalue weighted by atomic mass is 10.1. The fraction of sp³-hybridized carbons (Fsp3) is 0.250. The van der Waals surface area contributed by atoms with E-state index in [-0.39, 0.29) is 16.5 Å². The first-order chi connectivity index (χ1) is 9.86. The first-order valence-corrected chi connectivity index (χ1v) is 7.67. The summed E-state index contributed by atoms with van der Waals surface area (Å²) in [5, 5.41) is 15.4. The van der Waals surface area contributed by atoms with Gasteiger partial charge in [-0.3, -0.25) is 4.79 Å². The molecule has 0 radical (unpaired) electrons. The second-order valence-electron chi connectivity index (χ2n) is 4.41. The van der Waals surface area contributed by atoms with Gasteiger partial charge >= 0.3 is 0 Å². The van der Waals surface area contributed by atoms with Gasteiger partial charge in [-0.15, -0.1) is 5.10 Å². The highest BCUT2D eigenvalue weighted by Gasteiger charge is 2.09. The molecule has 0 saturated heterocycles. The Morgan fingerprint density at radius 2 is 2.00 bits per heavy atom. The van der Waals surface area contributed by atoms with E-state index in [9.17, 15) is 13.2 Å². The topological polar surface area (TPSA) is 120 Å². The van der Waals surface area contributed by atoms with Crippen LogP contribution in [0.5, 0.6) is 0 Å². The lowest BCUT2D eigenvalue weighted by Crippen LogP contribution is -2.26. The molecule has 1 aromatic heterocycles. The van der Waals surface area contributed by atoms with Crippen LogP contribution in [0.2, 0.25) is 0 Å². The van der Waals surface area contributed by atoms with E-state index in [1.54, 1.807) is 19.2 Å². The maximum atomic E-state index is 11.7. The molecule has 0 bridgehead atoms. The van der Waals surface area contributed by atoms with Crippen molar-refractivity contribution in [2.24, 2.45) is 12.2 Å². The number of sulfonamides is 1. The van der Waals surface area contributed by atoms with Crippen LogP contribution in [0, 0.1) is 0 Å². The highest BCUT2D eigenvalue weighted by atomic mass is 32.2. The second-order valence-corrected chi connectivity index (χ2v) is 5.98. The molecule has 2 aromatic rings. The molecule has 0 aliphatic rings. The minimum Gasteiger partial charge on any atom is -0.350 e. The fourth-order valence-corrected chi connectivity index (χ4v) is 2.22. The first-order valence-electron chi connectivity index (χ1n) is 6.12. The number of benzene rings is 1. The van der Waals surface area contributed by atoms with Gasteiger partial charge in [0, 0.05) is 13.6 Å². The number of carbonyl (C=O) groups is 1. The van der Waals surface area contributed by atoms with Crippen LogP contribution in [0.25, 0.3) is 0 Å². The van der Waals surface area contributed by atoms with Crippen LogP contribution in [-0.4, -0.2) is 35.9 Å². The SMILES string of the molecule is Cn1ncc(C(=O)NCCc2ccc(S(N)(=O)=O)cc2)n1. The third-order valence-corrected chi connectivity index (χ3v) is 3.71. The van der Waals surface area contributed by atoms with Crippen LogP contribution in [0.15, 0.2) is 35.4 Å². The van der Waals surface area contributed by atoms with Gasteiger partial charge in [-0.25, -0.2) is 13.6 Å². The molecule has 0 spiro atoms. The second kappa shape index (κ2) is 6.02. The number of nitrogens with two attached hydrogens (primary N) is 1. The van der Waals surface area contributed by atoms with E-state index in [4.69, 9.17) is 5.14 Å². The summed E-state index contributed by atoms with van der Waals surface area (Å²) < 4.78 is 22.2. The summed E-state index contributed by atoms with van der Waals surface area (Å²) in [6.07, 6.45) is 1.95. The maximum absolute atomic E-state index is 11.7. The molecule has 2 rings (SSSR count). The molecule has 3 N–H and O–H groups in total. The Bertz CT molecular complexity index is 737. The first kappa shape index (κ1) is 15.1. The zero-order valence-electron chi connectivity index (χ0n) is 11.4. The van der Waals surface area contributed by atoms with Crippen molar-refractivity contribution in [2.75, 3.05) is 6.54 Å². The van der Waals surface area contributed by atoms with Gasteiger partial charge in [0.2, 0.25) is 10.0 Å². The molecule has 21 heavy (non-hydrogen) atoms. The number of primary sulfonamides is 1. The average molecular weight is 309 g/mol. The quantitative estimate of drug-likeness (QED) is 0.766. The van der Waals surface area contributed by atoms with E-state index >= 15 is 0 Å². The van der Waals surface area contributed by atoms with Gasteiger partial charge in [0.05, 0.1) is 11.1 Å². The molecular weight excluding hydrogens is 294 g/mol. The van der Waals surface area contributed by atoms with Crippen LogP contribution in [0.3, 0.4) is 0 Å². The lowest BCUT2D eigenvalue weighted by Gasteiger charge is -2.04. The zero-order chi connectivity index (χ0) is 15.5. The van der Waals surface area contributed by atoms with E-state index in [2.05, 4.69) is 15.5 Å². The summed E-state index contributed by atoms with van der Waals surface area (Å²) in [6.45, 7) is 0.407. The summed E-state index contributed by atoms with van der Waals surface area (Å²) in [5.41, 5.74) is 1.14. The Hall–Kier alpha value is -2.26. The number of nitrogens with one attached hydrogen (secondary N) is 1. The Morgan fingerprint density at radius 3 is 2.52 bits per heavy atom. The van der Waals surface area contributed by atoms with Gasteiger partial charge in [0.15, 0.2) is 5.69 Å². The maximum Gasteiger partial charge on any atom is 0.273 e. The van der Waals surface area contributed by atoms with E-state index in [1.165, 1.54) is 23.1 Å². The van der Waals surface area contributed by atoms with Crippen molar-refractivity contribution >= 4 is 15.9 Å². The molecule has 9 heteroatoms. The van der Waals surface area contributed by atoms with Crippen molar-refractivity contribution in [3.05, 3.63) is 41.7 Å². The van der Waals surface area contributed by atoms with Gasteiger partial charge in [0.1, 0.15) is 0 Å². The highest BCUT2D eigenvalue weighted by molar-refractivity contribution is 7.89. The van der Waals surface area contributed by atoms with Gasteiger partial charge in [-0.2, -0.15) is 9.90 Å². The minimum absolute atomic E-state index is 0.0647. The molecule has 0 aliphatic heterocycles. The minimum atomic E-state index is -3.67. The zero-order valence-corrected chi connectivity index (χ0v) is 12.2. The number of hydrogen-bond acceptors (Lipinski definition) is 5. The molecule has 1 amide bonds. The number of aryl methyl sites for hydroxylation is 1. The van der Waals surface area contributed by atoms with Crippen molar-refractivity contribution in [3.63, 3.8) is 0 Å². The van der Waals surface area contributed by atoms with Gasteiger partial charge in [-0.05, 0) is 24.1 Å². The molecule has 0 saturated carbocycles. The average Bonchev–Trinajstić information content (AvgIpc) is 2.85. The molecule has 0 aliphatic carbocycles. The van der Waals surface area contributed by atoms with Crippen molar-refractivity contribution < 1.29 is 13.2 Å². The Balaban J connectivity index is 1.88. The summed E-state index contributed by atoms with van der Waals surface area (Å²) >= 11 is 0. The largest absolute Gasteiger partial charge is 0.350 e.